The molecule has 16 nitrogen and oxygen atoms in total. The summed E-state index contributed by atoms with van der Waals surface area (Å²) in [6, 6.07) is 1.08. The van der Waals surface area contributed by atoms with Gasteiger partial charge in [0, 0.05) is 36.4 Å². The number of aromatic amines is 1. The molecule has 1 aromatic carbocycles. The van der Waals surface area contributed by atoms with E-state index in [9.17, 15) is 38.7 Å². The van der Waals surface area contributed by atoms with E-state index in [0.717, 1.165) is 0 Å². The minimum Gasteiger partial charge on any atom is -0.481 e. The lowest BCUT2D eigenvalue weighted by molar-refractivity contribution is -0.143. The molecule has 1 heterocycles. The first-order chi connectivity index (χ1) is 19.3. The van der Waals surface area contributed by atoms with Crippen molar-refractivity contribution in [3.8, 4) is 0 Å². The number of hydrogen-bond acceptors (Lipinski definition) is 8. The average Bonchev–Trinajstić information content (AvgIpc) is 3.30. The Morgan fingerprint density at radius 3 is 1.95 bits per heavy atom. The fourth-order valence-electron chi connectivity index (χ4n) is 3.90. The van der Waals surface area contributed by atoms with Gasteiger partial charge in [0.25, 0.3) is 0 Å². The van der Waals surface area contributed by atoms with Gasteiger partial charge in [-0.15, -0.1) is 0 Å². The summed E-state index contributed by atoms with van der Waals surface area (Å²) in [4.78, 5) is 86.8. The summed E-state index contributed by atoms with van der Waals surface area (Å²) in [5.74, 6) is -7.90. The molecular formula is C25H32N6O10. The summed E-state index contributed by atoms with van der Waals surface area (Å²) in [6.45, 7) is 0. The van der Waals surface area contributed by atoms with Crippen LogP contribution in [-0.4, -0.2) is 86.0 Å². The van der Waals surface area contributed by atoms with Crippen molar-refractivity contribution in [2.75, 3.05) is 0 Å². The van der Waals surface area contributed by atoms with Crippen molar-refractivity contribution in [3.05, 3.63) is 36.0 Å². The molecule has 16 heteroatoms. The second-order valence-corrected chi connectivity index (χ2v) is 9.23. The van der Waals surface area contributed by atoms with Crippen molar-refractivity contribution in [3.63, 3.8) is 0 Å². The highest BCUT2D eigenvalue weighted by molar-refractivity contribution is 5.95. The van der Waals surface area contributed by atoms with E-state index in [0.29, 0.717) is 16.5 Å². The van der Waals surface area contributed by atoms with Crippen LogP contribution < -0.4 is 27.4 Å². The van der Waals surface area contributed by atoms with Crippen LogP contribution in [0.2, 0.25) is 0 Å². The number of nitrogens with one attached hydrogen (secondary N) is 4. The smallest absolute Gasteiger partial charge is 0.326 e. The molecule has 0 aliphatic carbocycles. The van der Waals surface area contributed by atoms with E-state index < -0.39 is 91.4 Å². The van der Waals surface area contributed by atoms with E-state index in [2.05, 4.69) is 20.9 Å². The first-order valence-electron chi connectivity index (χ1n) is 12.4. The summed E-state index contributed by atoms with van der Waals surface area (Å²) in [5.41, 5.74) is 12.1. The monoisotopic (exact) mass is 576 g/mol. The van der Waals surface area contributed by atoms with Crippen LogP contribution in [0.3, 0.4) is 0 Å². The number of carbonyl (C=O) groups excluding carboxylic acids is 4. The third-order valence-electron chi connectivity index (χ3n) is 6.04. The Bertz CT molecular complexity index is 1310. The van der Waals surface area contributed by atoms with Crippen LogP contribution in [0, 0.1) is 0 Å². The van der Waals surface area contributed by atoms with Crippen LogP contribution in [0.5, 0.6) is 0 Å². The fraction of sp³-hybridized carbons (Fsp3) is 0.400. The molecule has 0 saturated carbocycles. The fourth-order valence-corrected chi connectivity index (χ4v) is 3.90. The molecule has 1 aromatic heterocycles. The summed E-state index contributed by atoms with van der Waals surface area (Å²) >= 11 is 0. The molecule has 2 rings (SSSR count). The van der Waals surface area contributed by atoms with E-state index in [1.807, 2.05) is 0 Å². The number of nitrogens with two attached hydrogens (primary N) is 2. The molecule has 0 saturated heterocycles. The van der Waals surface area contributed by atoms with Gasteiger partial charge in [0.15, 0.2) is 0 Å². The van der Waals surface area contributed by atoms with Gasteiger partial charge in [0.1, 0.15) is 18.1 Å². The number of carboxylic acids is 3. The molecular weight excluding hydrogens is 544 g/mol. The minimum absolute atomic E-state index is 0.164. The average molecular weight is 577 g/mol. The largest absolute Gasteiger partial charge is 0.481 e. The maximum atomic E-state index is 13.3. The Balaban J connectivity index is 2.32. The van der Waals surface area contributed by atoms with E-state index >= 15 is 0 Å². The first kappa shape index (κ1) is 32.2. The number of hydrogen-bond donors (Lipinski definition) is 9. The van der Waals surface area contributed by atoms with Crippen molar-refractivity contribution in [2.45, 2.75) is 62.7 Å². The zero-order valence-corrected chi connectivity index (χ0v) is 21.8. The van der Waals surface area contributed by atoms with Crippen molar-refractivity contribution >= 4 is 52.4 Å². The standard InChI is InChI=1S/C25H32N6O10/c26-14(5-7-20(33)34)22(37)29-16(6-8-21(35)36)23(38)30-17(24(39)31-18(25(40)41)10-19(27)32)9-12-11-28-15-4-2-1-3-13(12)15/h1-4,11,14,16-18,28H,5-10,26H2,(H2,27,32)(H,29,37)(H,30,38)(H,31,39)(H,33,34)(H,35,36)(H,40,41). The third kappa shape index (κ3) is 10.2. The van der Waals surface area contributed by atoms with E-state index in [-0.39, 0.29) is 12.8 Å². The second-order valence-electron chi connectivity index (χ2n) is 9.23. The Morgan fingerprint density at radius 1 is 0.780 bits per heavy atom. The lowest BCUT2D eigenvalue weighted by atomic mass is 10.0. The number of rotatable bonds is 17. The van der Waals surface area contributed by atoms with Crippen LogP contribution in [0.25, 0.3) is 10.9 Å². The summed E-state index contributed by atoms with van der Waals surface area (Å²) in [6.07, 6.45) is -0.940. The Hall–Kier alpha value is -4.99. The summed E-state index contributed by atoms with van der Waals surface area (Å²) in [5, 5.41) is 34.9. The zero-order valence-electron chi connectivity index (χ0n) is 21.8. The molecule has 4 atom stereocenters. The zero-order chi connectivity index (χ0) is 30.7. The van der Waals surface area contributed by atoms with Gasteiger partial charge < -0.3 is 47.7 Å². The Labute approximate surface area is 232 Å². The maximum absolute atomic E-state index is 13.3. The van der Waals surface area contributed by atoms with Gasteiger partial charge in [-0.05, 0) is 24.5 Å². The molecule has 0 spiro atoms. The molecule has 222 valence electrons. The molecule has 4 amide bonds. The minimum atomic E-state index is -1.70. The number of aromatic nitrogens is 1. The van der Waals surface area contributed by atoms with Gasteiger partial charge >= 0.3 is 17.9 Å². The Morgan fingerprint density at radius 2 is 1.34 bits per heavy atom. The van der Waals surface area contributed by atoms with Crippen molar-refractivity contribution in [2.24, 2.45) is 11.5 Å². The highest BCUT2D eigenvalue weighted by Crippen LogP contribution is 2.19. The van der Waals surface area contributed by atoms with Gasteiger partial charge in [-0.1, -0.05) is 18.2 Å². The number of fused-ring (bicyclic) bond motifs is 1. The predicted molar refractivity (Wildman–Crippen MR) is 141 cm³/mol. The highest BCUT2D eigenvalue weighted by atomic mass is 16.4. The Kier molecular flexibility index (Phi) is 11.8. The molecule has 41 heavy (non-hydrogen) atoms. The molecule has 4 unspecified atom stereocenters. The number of aliphatic carboxylic acids is 3. The number of amides is 4. The van der Waals surface area contributed by atoms with Gasteiger partial charge in [0.05, 0.1) is 12.5 Å². The van der Waals surface area contributed by atoms with Crippen LogP contribution >= 0.6 is 0 Å². The number of benzene rings is 1. The van der Waals surface area contributed by atoms with Gasteiger partial charge in [-0.25, -0.2) is 4.79 Å². The topological polar surface area (TPSA) is 284 Å². The van der Waals surface area contributed by atoms with E-state index in [1.165, 1.54) is 0 Å². The highest BCUT2D eigenvalue weighted by Gasteiger charge is 2.32. The molecule has 0 aliphatic rings. The molecule has 11 N–H and O–H groups in total. The molecule has 0 aliphatic heterocycles. The number of H-pyrrole nitrogens is 1. The number of carbonyl (C=O) groups is 7. The third-order valence-corrected chi connectivity index (χ3v) is 6.04. The molecule has 0 radical (unpaired) electrons. The van der Waals surface area contributed by atoms with Gasteiger partial charge in [-0.2, -0.15) is 0 Å². The van der Waals surface area contributed by atoms with Crippen molar-refractivity contribution < 1.29 is 48.9 Å². The molecule has 2 aromatic rings. The lowest BCUT2D eigenvalue weighted by Crippen LogP contribution is -2.58. The summed E-state index contributed by atoms with van der Waals surface area (Å²) < 4.78 is 0. The van der Waals surface area contributed by atoms with Crippen LogP contribution in [0.1, 0.15) is 37.7 Å². The maximum Gasteiger partial charge on any atom is 0.326 e. The van der Waals surface area contributed by atoms with Gasteiger partial charge in [0.2, 0.25) is 23.6 Å². The predicted octanol–water partition coefficient (Wildman–Crippen LogP) is -1.82. The van der Waals surface area contributed by atoms with E-state index in [4.69, 9.17) is 21.7 Å². The van der Waals surface area contributed by atoms with E-state index in [1.54, 1.807) is 30.5 Å². The number of para-hydroxylation sites is 1. The van der Waals surface area contributed by atoms with Crippen molar-refractivity contribution in [1.82, 2.24) is 20.9 Å². The lowest BCUT2D eigenvalue weighted by Gasteiger charge is -2.25. The normalized spacial score (nSPS) is 13.8. The number of carboxylic acid groups (broad SMARTS) is 3. The SMILES string of the molecule is NC(=O)CC(NC(=O)C(Cc1c[nH]c2ccccc12)NC(=O)C(CCC(=O)O)NC(=O)C(N)CCC(=O)O)C(=O)O. The van der Waals surface area contributed by atoms with Crippen LogP contribution in [0.15, 0.2) is 30.5 Å². The molecule has 0 fully saturated rings. The first-order valence-corrected chi connectivity index (χ1v) is 12.4. The van der Waals surface area contributed by atoms with Gasteiger partial charge in [-0.3, -0.25) is 28.8 Å². The summed E-state index contributed by atoms with van der Waals surface area (Å²) in [7, 11) is 0. The number of primary amides is 1. The second kappa shape index (κ2) is 15.0. The van der Waals surface area contributed by atoms with Crippen LogP contribution in [0.4, 0.5) is 0 Å². The van der Waals surface area contributed by atoms with Crippen LogP contribution in [-0.2, 0) is 40.0 Å². The quantitative estimate of drug-likeness (QED) is 0.101. The molecule has 0 bridgehead atoms. The van der Waals surface area contributed by atoms with Crippen molar-refractivity contribution in [1.29, 1.82) is 0 Å².